The van der Waals surface area contributed by atoms with E-state index in [0.717, 1.165) is 5.69 Å². The topological polar surface area (TPSA) is 88.2 Å². The number of aromatic nitrogens is 2. The van der Waals surface area contributed by atoms with E-state index in [1.807, 2.05) is 30.3 Å². The molecule has 0 fully saturated rings. The van der Waals surface area contributed by atoms with Crippen LogP contribution in [0.2, 0.25) is 0 Å². The number of carboxylic acid groups (broad SMARTS) is 1. The van der Waals surface area contributed by atoms with Gasteiger partial charge in [-0.3, -0.25) is 0 Å². The van der Waals surface area contributed by atoms with Crippen molar-refractivity contribution in [1.82, 2.24) is 9.97 Å². The number of furan rings is 1. The van der Waals surface area contributed by atoms with Gasteiger partial charge in [0, 0.05) is 11.9 Å². The van der Waals surface area contributed by atoms with E-state index in [-0.39, 0.29) is 11.5 Å². The molecule has 3 rings (SSSR count). The molecular weight excluding hydrogens is 246 g/mol. The van der Waals surface area contributed by atoms with Crippen molar-refractivity contribution in [2.45, 2.75) is 0 Å². The molecule has 19 heavy (non-hydrogen) atoms. The third kappa shape index (κ3) is 1.99. The number of nitrogens with zero attached hydrogens (tertiary/aromatic N) is 2. The first kappa shape index (κ1) is 11.2. The molecule has 0 aliphatic rings. The van der Waals surface area contributed by atoms with Gasteiger partial charge in [0.2, 0.25) is 11.5 Å². The minimum absolute atomic E-state index is 0.181. The average Bonchev–Trinajstić information content (AvgIpc) is 2.79. The largest absolute Gasteiger partial charge is 0.475 e. The smallest absolute Gasteiger partial charge is 0.374 e. The lowest BCUT2D eigenvalue weighted by Crippen LogP contribution is -1.99. The fourth-order valence-electron chi connectivity index (χ4n) is 1.78. The van der Waals surface area contributed by atoms with E-state index in [2.05, 4.69) is 15.3 Å². The van der Waals surface area contributed by atoms with Crippen molar-refractivity contribution in [2.75, 3.05) is 5.32 Å². The molecule has 0 aliphatic heterocycles. The molecule has 2 N–H and O–H groups in total. The van der Waals surface area contributed by atoms with Crippen LogP contribution in [0.25, 0.3) is 11.1 Å². The molecule has 0 saturated heterocycles. The van der Waals surface area contributed by atoms with Gasteiger partial charge in [0.1, 0.15) is 12.0 Å². The van der Waals surface area contributed by atoms with Gasteiger partial charge in [-0.15, -0.1) is 0 Å². The molecule has 2 heterocycles. The Kier molecular flexibility index (Phi) is 2.60. The lowest BCUT2D eigenvalue weighted by atomic mass is 10.2. The van der Waals surface area contributed by atoms with E-state index in [1.165, 1.54) is 12.5 Å². The van der Waals surface area contributed by atoms with Crippen LogP contribution in [-0.2, 0) is 0 Å². The zero-order valence-electron chi connectivity index (χ0n) is 9.70. The summed E-state index contributed by atoms with van der Waals surface area (Å²) in [5, 5.41) is 12.7. The molecule has 6 heteroatoms. The Morgan fingerprint density at radius 2 is 2.05 bits per heavy atom. The molecule has 0 aliphatic carbocycles. The van der Waals surface area contributed by atoms with Crippen molar-refractivity contribution < 1.29 is 14.3 Å². The average molecular weight is 255 g/mol. The first-order chi connectivity index (χ1) is 9.25. The zero-order valence-corrected chi connectivity index (χ0v) is 9.70. The summed E-state index contributed by atoms with van der Waals surface area (Å²) in [7, 11) is 0. The van der Waals surface area contributed by atoms with E-state index in [9.17, 15) is 4.79 Å². The van der Waals surface area contributed by atoms with Gasteiger partial charge in [-0.25, -0.2) is 14.8 Å². The van der Waals surface area contributed by atoms with Crippen molar-refractivity contribution in [3.05, 3.63) is 48.6 Å². The summed E-state index contributed by atoms with van der Waals surface area (Å²) >= 11 is 0. The number of rotatable bonds is 3. The first-order valence-electron chi connectivity index (χ1n) is 5.53. The number of aromatic carboxylic acids is 1. The molecule has 0 saturated carbocycles. The third-order valence-corrected chi connectivity index (χ3v) is 2.61. The van der Waals surface area contributed by atoms with Crippen molar-refractivity contribution >= 4 is 28.4 Å². The Labute approximate surface area is 107 Å². The number of carboxylic acids is 1. The van der Waals surface area contributed by atoms with Gasteiger partial charge in [-0.2, -0.15) is 0 Å². The summed E-state index contributed by atoms with van der Waals surface area (Å²) < 4.78 is 5.22. The zero-order chi connectivity index (χ0) is 13.2. The van der Waals surface area contributed by atoms with Crippen molar-refractivity contribution in [3.63, 3.8) is 0 Å². The molecule has 0 amide bonds. The SMILES string of the molecule is O=C(O)c1oc2ncncc2c1Nc1ccccc1. The molecule has 0 unspecified atom stereocenters. The van der Waals surface area contributed by atoms with Gasteiger partial charge in [0.25, 0.3) is 0 Å². The Hall–Kier alpha value is -2.89. The summed E-state index contributed by atoms with van der Waals surface area (Å²) in [6.45, 7) is 0. The van der Waals surface area contributed by atoms with Gasteiger partial charge in [0.05, 0.1) is 5.39 Å². The number of fused-ring (bicyclic) bond motifs is 1. The Balaban J connectivity index is 2.15. The number of benzene rings is 1. The number of para-hydroxylation sites is 1. The van der Waals surface area contributed by atoms with Crippen LogP contribution in [0, 0.1) is 0 Å². The molecule has 3 aromatic rings. The van der Waals surface area contributed by atoms with Crippen LogP contribution in [0.3, 0.4) is 0 Å². The van der Waals surface area contributed by atoms with E-state index in [1.54, 1.807) is 0 Å². The quantitative estimate of drug-likeness (QED) is 0.748. The highest BCUT2D eigenvalue weighted by Crippen LogP contribution is 2.31. The van der Waals surface area contributed by atoms with Crippen LogP contribution in [0.15, 0.2) is 47.3 Å². The monoisotopic (exact) mass is 255 g/mol. The number of hydrogen-bond acceptors (Lipinski definition) is 5. The normalized spacial score (nSPS) is 10.5. The lowest BCUT2D eigenvalue weighted by Gasteiger charge is -2.04. The van der Waals surface area contributed by atoms with Gasteiger partial charge >= 0.3 is 5.97 Å². The molecule has 0 bridgehead atoms. The van der Waals surface area contributed by atoms with Crippen LogP contribution in [0.1, 0.15) is 10.6 Å². The molecule has 0 spiro atoms. The van der Waals surface area contributed by atoms with Crippen molar-refractivity contribution in [2.24, 2.45) is 0 Å². The van der Waals surface area contributed by atoms with Crippen molar-refractivity contribution in [1.29, 1.82) is 0 Å². The van der Waals surface area contributed by atoms with Crippen LogP contribution < -0.4 is 5.32 Å². The summed E-state index contributed by atoms with van der Waals surface area (Å²) in [5.74, 6) is -1.34. The lowest BCUT2D eigenvalue weighted by molar-refractivity contribution is 0.0666. The number of carbonyl (C=O) groups is 1. The molecule has 1 aromatic carbocycles. The Morgan fingerprint density at radius 3 is 2.79 bits per heavy atom. The van der Waals surface area contributed by atoms with Crippen LogP contribution >= 0.6 is 0 Å². The number of hydrogen-bond donors (Lipinski definition) is 2. The highest BCUT2D eigenvalue weighted by Gasteiger charge is 2.20. The molecule has 0 radical (unpaired) electrons. The second kappa shape index (κ2) is 4.41. The highest BCUT2D eigenvalue weighted by atomic mass is 16.4. The van der Waals surface area contributed by atoms with E-state index >= 15 is 0 Å². The van der Waals surface area contributed by atoms with Crippen LogP contribution in [0.5, 0.6) is 0 Å². The van der Waals surface area contributed by atoms with Crippen LogP contribution in [-0.4, -0.2) is 21.0 Å². The standard InChI is InChI=1S/C13H9N3O3/c17-13(18)11-10(16-8-4-2-1-3-5-8)9-6-14-7-15-12(9)19-11/h1-7,16H,(H,17,18). The summed E-state index contributed by atoms with van der Waals surface area (Å²) in [5.41, 5.74) is 1.36. The molecule has 0 atom stereocenters. The Bertz CT molecular complexity index is 737. The maximum absolute atomic E-state index is 11.2. The number of nitrogens with one attached hydrogen (secondary N) is 1. The summed E-state index contributed by atoms with van der Waals surface area (Å²) in [6, 6.07) is 9.23. The van der Waals surface area contributed by atoms with Gasteiger partial charge in [0.15, 0.2) is 0 Å². The van der Waals surface area contributed by atoms with Gasteiger partial charge in [-0.05, 0) is 12.1 Å². The van der Waals surface area contributed by atoms with E-state index in [4.69, 9.17) is 9.52 Å². The summed E-state index contributed by atoms with van der Waals surface area (Å²) in [6.07, 6.45) is 2.83. The molecule has 94 valence electrons. The summed E-state index contributed by atoms with van der Waals surface area (Å²) in [4.78, 5) is 19.0. The fourth-order valence-corrected chi connectivity index (χ4v) is 1.78. The van der Waals surface area contributed by atoms with Gasteiger partial charge < -0.3 is 14.8 Å². The third-order valence-electron chi connectivity index (χ3n) is 2.61. The Morgan fingerprint density at radius 1 is 1.26 bits per heavy atom. The molecular formula is C13H9N3O3. The second-order valence-electron chi connectivity index (χ2n) is 3.84. The molecule has 2 aromatic heterocycles. The first-order valence-corrected chi connectivity index (χ1v) is 5.53. The predicted molar refractivity (Wildman–Crippen MR) is 68.5 cm³/mol. The molecule has 6 nitrogen and oxygen atoms in total. The second-order valence-corrected chi connectivity index (χ2v) is 3.84. The van der Waals surface area contributed by atoms with Crippen molar-refractivity contribution in [3.8, 4) is 0 Å². The maximum Gasteiger partial charge on any atom is 0.374 e. The van der Waals surface area contributed by atoms with E-state index in [0.29, 0.717) is 11.1 Å². The minimum atomic E-state index is -1.16. The number of anilines is 2. The van der Waals surface area contributed by atoms with Crippen LogP contribution in [0.4, 0.5) is 11.4 Å². The van der Waals surface area contributed by atoms with Gasteiger partial charge in [-0.1, -0.05) is 18.2 Å². The minimum Gasteiger partial charge on any atom is -0.475 e. The highest BCUT2D eigenvalue weighted by molar-refractivity contribution is 6.03. The predicted octanol–water partition coefficient (Wildman–Crippen LogP) is 2.66. The maximum atomic E-state index is 11.2. The fraction of sp³-hybridized carbons (Fsp3) is 0. The van der Waals surface area contributed by atoms with E-state index < -0.39 is 5.97 Å².